The fraction of sp³-hybridized carbons (Fsp3) is 0.0500. The fourth-order valence-corrected chi connectivity index (χ4v) is 2.84. The molecule has 8 nitrogen and oxygen atoms in total. The van der Waals surface area contributed by atoms with E-state index >= 15 is 0 Å². The van der Waals surface area contributed by atoms with Crippen LogP contribution in [0.3, 0.4) is 0 Å². The van der Waals surface area contributed by atoms with Gasteiger partial charge in [0.05, 0.1) is 29.2 Å². The first-order chi connectivity index (χ1) is 14.7. The molecule has 3 aromatic heterocycles. The van der Waals surface area contributed by atoms with Gasteiger partial charge in [-0.15, -0.1) is 0 Å². The molecule has 2 amide bonds. The number of primary amides is 1. The number of anilines is 1. The van der Waals surface area contributed by atoms with Crippen molar-refractivity contribution >= 4 is 23.3 Å². The van der Waals surface area contributed by atoms with Gasteiger partial charge in [0.25, 0.3) is 5.91 Å². The Labute approximate surface area is 172 Å². The van der Waals surface area contributed by atoms with Crippen LogP contribution < -0.4 is 11.1 Å². The molecule has 0 saturated heterocycles. The summed E-state index contributed by atoms with van der Waals surface area (Å²) < 4.78 is 39.9. The molecule has 1 aromatic carbocycles. The highest BCUT2D eigenvalue weighted by atomic mass is 19.4. The average molecular weight is 426 g/mol. The van der Waals surface area contributed by atoms with Crippen LogP contribution >= 0.6 is 0 Å². The number of halogens is 3. The number of alkyl halides is 3. The number of carbonyl (C=O) groups is 2. The average Bonchev–Trinajstić information content (AvgIpc) is 3.17. The maximum absolute atomic E-state index is 12.8. The summed E-state index contributed by atoms with van der Waals surface area (Å²) in [6.07, 6.45) is 1.06. The first-order valence-electron chi connectivity index (χ1n) is 8.80. The summed E-state index contributed by atoms with van der Waals surface area (Å²) in [7, 11) is 0. The highest BCUT2D eigenvalue weighted by Crippen LogP contribution is 2.31. The lowest BCUT2D eigenvalue weighted by Crippen LogP contribution is -2.16. The second-order valence-corrected chi connectivity index (χ2v) is 6.47. The summed E-state index contributed by atoms with van der Waals surface area (Å²) in [5.74, 6) is -1.04. The molecule has 0 spiro atoms. The summed E-state index contributed by atoms with van der Waals surface area (Å²) in [4.78, 5) is 35.8. The minimum Gasteiger partial charge on any atom is -0.366 e. The summed E-state index contributed by atoms with van der Waals surface area (Å²) in [5, 5.41) is 2.54. The van der Waals surface area contributed by atoms with Crippen molar-refractivity contribution in [2.24, 2.45) is 5.73 Å². The second-order valence-electron chi connectivity index (χ2n) is 6.47. The smallest absolute Gasteiger partial charge is 0.366 e. The van der Waals surface area contributed by atoms with Crippen molar-refractivity contribution in [2.45, 2.75) is 6.18 Å². The third-order valence-corrected chi connectivity index (χ3v) is 4.43. The van der Waals surface area contributed by atoms with E-state index in [2.05, 4.69) is 20.3 Å². The maximum Gasteiger partial charge on any atom is 0.416 e. The van der Waals surface area contributed by atoms with E-state index in [9.17, 15) is 22.8 Å². The number of hydrogen-bond donors (Lipinski definition) is 2. The largest absolute Gasteiger partial charge is 0.416 e. The van der Waals surface area contributed by atoms with Crippen LogP contribution in [0.15, 0.2) is 61.2 Å². The van der Waals surface area contributed by atoms with Crippen LogP contribution in [0.4, 0.5) is 19.0 Å². The fourth-order valence-electron chi connectivity index (χ4n) is 2.84. The number of nitrogens with one attached hydrogen (secondary N) is 1. The Hall–Kier alpha value is -4.28. The molecule has 0 radical (unpaired) electrons. The predicted octanol–water partition coefficient (Wildman–Crippen LogP) is 3.16. The molecule has 156 valence electrons. The zero-order valence-electron chi connectivity index (χ0n) is 15.6. The molecule has 31 heavy (non-hydrogen) atoms. The number of aromatic nitrogens is 4. The molecule has 11 heteroatoms. The standard InChI is InChI=1S/C20H13F3N6O2/c21-20(22,23)13-4-1-11(2-5-13)15-8-27-17-9-25-14(10-29(15)17)19(31)28-16-6-3-12(7-26-16)18(24)30/h1-10H,(H2,24,30)(H,26,28,31). The van der Waals surface area contributed by atoms with Crippen LogP contribution in [0.25, 0.3) is 16.9 Å². The van der Waals surface area contributed by atoms with Gasteiger partial charge in [0.1, 0.15) is 11.5 Å². The van der Waals surface area contributed by atoms with Gasteiger partial charge in [-0.1, -0.05) is 12.1 Å². The second kappa shape index (κ2) is 7.52. The molecule has 0 atom stereocenters. The molecule has 0 aliphatic rings. The number of benzene rings is 1. The van der Waals surface area contributed by atoms with E-state index in [4.69, 9.17) is 5.73 Å². The zero-order chi connectivity index (χ0) is 22.2. The lowest BCUT2D eigenvalue weighted by atomic mass is 10.1. The van der Waals surface area contributed by atoms with Crippen molar-refractivity contribution in [1.82, 2.24) is 19.4 Å². The molecular weight excluding hydrogens is 413 g/mol. The lowest BCUT2D eigenvalue weighted by Gasteiger charge is -2.08. The molecule has 4 rings (SSSR count). The van der Waals surface area contributed by atoms with E-state index in [-0.39, 0.29) is 17.1 Å². The molecule has 0 bridgehead atoms. The van der Waals surface area contributed by atoms with Gasteiger partial charge in [-0.3, -0.25) is 14.0 Å². The third kappa shape index (κ3) is 4.06. The van der Waals surface area contributed by atoms with Gasteiger partial charge in [0.2, 0.25) is 5.91 Å². The molecule has 0 aliphatic carbocycles. The number of amides is 2. The normalized spacial score (nSPS) is 11.5. The van der Waals surface area contributed by atoms with Crippen molar-refractivity contribution < 1.29 is 22.8 Å². The Balaban J connectivity index is 1.62. The first kappa shape index (κ1) is 20.0. The highest BCUT2D eigenvalue weighted by molar-refractivity contribution is 6.02. The van der Waals surface area contributed by atoms with Crippen molar-refractivity contribution in [3.63, 3.8) is 0 Å². The van der Waals surface area contributed by atoms with Gasteiger partial charge in [0, 0.05) is 18.0 Å². The van der Waals surface area contributed by atoms with Crippen molar-refractivity contribution in [3.8, 4) is 11.3 Å². The van der Waals surface area contributed by atoms with Crippen LogP contribution in [-0.4, -0.2) is 31.2 Å². The van der Waals surface area contributed by atoms with Gasteiger partial charge in [-0.25, -0.2) is 15.0 Å². The number of pyridine rings is 1. The van der Waals surface area contributed by atoms with Gasteiger partial charge in [-0.2, -0.15) is 13.2 Å². The van der Waals surface area contributed by atoms with E-state index in [1.807, 2.05) is 0 Å². The van der Waals surface area contributed by atoms with Crippen LogP contribution in [0.5, 0.6) is 0 Å². The molecule has 0 fully saturated rings. The molecule has 4 aromatic rings. The van der Waals surface area contributed by atoms with Gasteiger partial charge >= 0.3 is 6.18 Å². The minimum atomic E-state index is -4.43. The monoisotopic (exact) mass is 426 g/mol. The van der Waals surface area contributed by atoms with Gasteiger partial charge < -0.3 is 11.1 Å². The first-order valence-corrected chi connectivity index (χ1v) is 8.80. The van der Waals surface area contributed by atoms with Gasteiger partial charge in [-0.05, 0) is 24.3 Å². The number of nitrogens with zero attached hydrogens (tertiary/aromatic N) is 4. The number of nitrogens with two attached hydrogens (primary N) is 1. The Morgan fingerprint density at radius 3 is 2.29 bits per heavy atom. The SMILES string of the molecule is NC(=O)c1ccc(NC(=O)c2cn3c(-c4ccc(C(F)(F)F)cc4)cnc3cn2)nc1. The van der Waals surface area contributed by atoms with Crippen LogP contribution in [0.2, 0.25) is 0 Å². The summed E-state index contributed by atoms with van der Waals surface area (Å²) >= 11 is 0. The number of rotatable bonds is 4. The number of fused-ring (bicyclic) bond motifs is 1. The van der Waals surface area contributed by atoms with Crippen LogP contribution in [0.1, 0.15) is 26.4 Å². The Morgan fingerprint density at radius 1 is 0.935 bits per heavy atom. The molecule has 0 aliphatic heterocycles. The molecular formula is C20H13F3N6O2. The van der Waals surface area contributed by atoms with E-state index in [1.54, 1.807) is 4.40 Å². The number of carbonyl (C=O) groups excluding carboxylic acids is 2. The Morgan fingerprint density at radius 2 is 1.68 bits per heavy atom. The molecule has 0 saturated carbocycles. The summed E-state index contributed by atoms with van der Waals surface area (Å²) in [6.45, 7) is 0. The topological polar surface area (TPSA) is 115 Å². The molecule has 3 heterocycles. The van der Waals surface area contributed by atoms with Crippen molar-refractivity contribution in [2.75, 3.05) is 5.32 Å². The maximum atomic E-state index is 12.8. The quantitative estimate of drug-likeness (QED) is 0.520. The lowest BCUT2D eigenvalue weighted by molar-refractivity contribution is -0.137. The molecule has 3 N–H and O–H groups in total. The van der Waals surface area contributed by atoms with Crippen LogP contribution in [-0.2, 0) is 6.18 Å². The number of imidazole rings is 1. The van der Waals surface area contributed by atoms with E-state index < -0.39 is 23.6 Å². The van der Waals surface area contributed by atoms with Crippen molar-refractivity contribution in [1.29, 1.82) is 0 Å². The summed E-state index contributed by atoms with van der Waals surface area (Å²) in [6, 6.07) is 7.45. The predicted molar refractivity (Wildman–Crippen MR) is 104 cm³/mol. The third-order valence-electron chi connectivity index (χ3n) is 4.43. The Kier molecular flexibility index (Phi) is 4.85. The van der Waals surface area contributed by atoms with Gasteiger partial charge in [0.15, 0.2) is 5.65 Å². The Bertz CT molecular complexity index is 1280. The molecule has 0 unspecified atom stereocenters. The number of hydrogen-bond acceptors (Lipinski definition) is 5. The minimum absolute atomic E-state index is 0.0273. The van der Waals surface area contributed by atoms with E-state index in [0.717, 1.165) is 12.1 Å². The van der Waals surface area contributed by atoms with Crippen LogP contribution in [0, 0.1) is 0 Å². The van der Waals surface area contributed by atoms with Crippen molar-refractivity contribution in [3.05, 3.63) is 78.0 Å². The zero-order valence-corrected chi connectivity index (χ0v) is 15.6. The highest BCUT2D eigenvalue weighted by Gasteiger charge is 2.30. The summed E-state index contributed by atoms with van der Waals surface area (Å²) in [5.41, 5.74) is 6.00. The van der Waals surface area contributed by atoms with E-state index in [0.29, 0.717) is 16.9 Å². The van der Waals surface area contributed by atoms with E-state index in [1.165, 1.54) is 49.1 Å².